The molecular formula is C23H23NO4. The highest BCUT2D eigenvalue weighted by molar-refractivity contribution is 6.28. The standard InChI is InChI=1S/C23H23NO4/c1-2-28-23(27)24(15-8-4-3-5-9-15)16-12-13-19-20(14-16)22(26)18-11-7-6-10-17(18)21(19)25/h6-7,10-15H,2-5,8-9H2,1H3. The van der Waals surface area contributed by atoms with Crippen LogP contribution in [0.1, 0.15) is 70.9 Å². The van der Waals surface area contributed by atoms with Gasteiger partial charge in [-0.2, -0.15) is 0 Å². The first-order chi connectivity index (χ1) is 13.6. The molecule has 2 aliphatic carbocycles. The Labute approximate surface area is 164 Å². The number of rotatable bonds is 3. The summed E-state index contributed by atoms with van der Waals surface area (Å²) < 4.78 is 5.30. The largest absolute Gasteiger partial charge is 0.449 e. The van der Waals surface area contributed by atoms with Gasteiger partial charge in [0.05, 0.1) is 6.61 Å². The highest BCUT2D eigenvalue weighted by Crippen LogP contribution is 2.33. The molecule has 2 aromatic carbocycles. The van der Waals surface area contributed by atoms with E-state index in [0.717, 1.165) is 25.7 Å². The number of carbonyl (C=O) groups excluding carboxylic acids is 3. The van der Waals surface area contributed by atoms with E-state index in [1.165, 1.54) is 6.42 Å². The normalized spacial score (nSPS) is 16.3. The second-order valence-electron chi connectivity index (χ2n) is 7.29. The molecular weight excluding hydrogens is 354 g/mol. The number of hydrogen-bond acceptors (Lipinski definition) is 4. The lowest BCUT2D eigenvalue weighted by Crippen LogP contribution is -2.42. The quantitative estimate of drug-likeness (QED) is 0.660. The van der Waals surface area contributed by atoms with Crippen molar-refractivity contribution in [1.29, 1.82) is 0 Å². The third kappa shape index (κ3) is 3.11. The highest BCUT2D eigenvalue weighted by atomic mass is 16.6. The van der Waals surface area contributed by atoms with E-state index >= 15 is 0 Å². The second-order valence-corrected chi connectivity index (χ2v) is 7.29. The molecule has 2 aromatic rings. The fourth-order valence-electron chi connectivity index (χ4n) is 4.23. The van der Waals surface area contributed by atoms with E-state index in [1.54, 1.807) is 54.3 Å². The van der Waals surface area contributed by atoms with E-state index in [9.17, 15) is 14.4 Å². The molecule has 1 fully saturated rings. The zero-order chi connectivity index (χ0) is 19.7. The summed E-state index contributed by atoms with van der Waals surface area (Å²) in [5, 5.41) is 0. The topological polar surface area (TPSA) is 63.7 Å². The molecule has 0 radical (unpaired) electrons. The summed E-state index contributed by atoms with van der Waals surface area (Å²) in [6.07, 6.45) is 4.72. The average Bonchev–Trinajstić information content (AvgIpc) is 2.73. The minimum atomic E-state index is -0.399. The summed E-state index contributed by atoms with van der Waals surface area (Å²) in [5.41, 5.74) is 2.20. The molecule has 0 spiro atoms. The maximum Gasteiger partial charge on any atom is 0.414 e. The van der Waals surface area contributed by atoms with Gasteiger partial charge >= 0.3 is 6.09 Å². The lowest BCUT2D eigenvalue weighted by Gasteiger charge is -2.34. The Hall–Kier alpha value is -2.95. The molecule has 0 aromatic heterocycles. The Morgan fingerprint density at radius 2 is 1.54 bits per heavy atom. The van der Waals surface area contributed by atoms with Gasteiger partial charge in [-0.3, -0.25) is 14.5 Å². The maximum atomic E-state index is 13.0. The molecule has 5 heteroatoms. The number of benzene rings is 2. The van der Waals surface area contributed by atoms with Crippen LogP contribution in [0.2, 0.25) is 0 Å². The van der Waals surface area contributed by atoms with Crippen molar-refractivity contribution in [2.45, 2.75) is 45.1 Å². The first-order valence-corrected chi connectivity index (χ1v) is 9.90. The van der Waals surface area contributed by atoms with Crippen molar-refractivity contribution in [3.8, 4) is 0 Å². The molecule has 0 heterocycles. The fraction of sp³-hybridized carbons (Fsp3) is 0.348. The van der Waals surface area contributed by atoms with Crippen molar-refractivity contribution >= 4 is 23.3 Å². The van der Waals surface area contributed by atoms with Gasteiger partial charge in [0, 0.05) is 34.0 Å². The van der Waals surface area contributed by atoms with E-state index < -0.39 is 6.09 Å². The van der Waals surface area contributed by atoms with Gasteiger partial charge in [-0.15, -0.1) is 0 Å². The molecule has 1 amide bonds. The number of carbonyl (C=O) groups is 3. The smallest absolute Gasteiger partial charge is 0.414 e. The zero-order valence-electron chi connectivity index (χ0n) is 15.9. The molecule has 2 aliphatic rings. The van der Waals surface area contributed by atoms with Crippen molar-refractivity contribution < 1.29 is 19.1 Å². The first kappa shape index (κ1) is 18.4. The molecule has 28 heavy (non-hydrogen) atoms. The van der Waals surface area contributed by atoms with E-state index in [4.69, 9.17) is 4.74 Å². The van der Waals surface area contributed by atoms with Gasteiger partial charge in [-0.1, -0.05) is 43.5 Å². The van der Waals surface area contributed by atoms with E-state index in [1.807, 2.05) is 0 Å². The van der Waals surface area contributed by atoms with Gasteiger partial charge in [0.2, 0.25) is 0 Å². The minimum Gasteiger partial charge on any atom is -0.449 e. The fourth-order valence-corrected chi connectivity index (χ4v) is 4.23. The molecule has 4 rings (SSSR count). The van der Waals surface area contributed by atoms with Gasteiger partial charge in [-0.25, -0.2) is 4.79 Å². The first-order valence-electron chi connectivity index (χ1n) is 9.90. The molecule has 0 saturated heterocycles. The minimum absolute atomic E-state index is 0.0486. The van der Waals surface area contributed by atoms with Crippen LogP contribution in [0.5, 0.6) is 0 Å². The van der Waals surface area contributed by atoms with Crippen LogP contribution in [0, 0.1) is 0 Å². The van der Waals surface area contributed by atoms with Gasteiger partial charge in [-0.05, 0) is 38.0 Å². The Kier molecular flexibility index (Phi) is 4.99. The number of amides is 1. The predicted octanol–water partition coefficient (Wildman–Crippen LogP) is 4.76. The highest BCUT2D eigenvalue weighted by Gasteiger charge is 2.33. The third-order valence-electron chi connectivity index (χ3n) is 5.59. The Morgan fingerprint density at radius 3 is 2.18 bits per heavy atom. The van der Waals surface area contributed by atoms with Crippen molar-refractivity contribution in [3.05, 3.63) is 64.7 Å². The molecule has 0 aliphatic heterocycles. The van der Waals surface area contributed by atoms with E-state index in [-0.39, 0.29) is 24.2 Å². The van der Waals surface area contributed by atoms with Crippen molar-refractivity contribution in [1.82, 2.24) is 0 Å². The van der Waals surface area contributed by atoms with Crippen LogP contribution in [-0.2, 0) is 4.74 Å². The van der Waals surface area contributed by atoms with Gasteiger partial charge < -0.3 is 4.74 Å². The number of hydrogen-bond donors (Lipinski definition) is 0. The van der Waals surface area contributed by atoms with Crippen LogP contribution in [0.4, 0.5) is 10.5 Å². The average molecular weight is 377 g/mol. The van der Waals surface area contributed by atoms with Crippen LogP contribution in [0.3, 0.4) is 0 Å². The molecule has 0 atom stereocenters. The number of ether oxygens (including phenoxy) is 1. The monoisotopic (exact) mass is 377 g/mol. The second kappa shape index (κ2) is 7.58. The summed E-state index contributed by atoms with van der Waals surface area (Å²) >= 11 is 0. The number of ketones is 2. The predicted molar refractivity (Wildman–Crippen MR) is 106 cm³/mol. The van der Waals surface area contributed by atoms with Crippen LogP contribution in [-0.4, -0.2) is 30.3 Å². The lowest BCUT2D eigenvalue weighted by molar-refractivity contribution is 0.0979. The number of anilines is 1. The van der Waals surface area contributed by atoms with Crippen LogP contribution in [0.15, 0.2) is 42.5 Å². The summed E-state index contributed by atoms with van der Waals surface area (Å²) in [6, 6.07) is 12.0. The summed E-state index contributed by atoms with van der Waals surface area (Å²) in [4.78, 5) is 40.2. The summed E-state index contributed by atoms with van der Waals surface area (Å²) in [7, 11) is 0. The Morgan fingerprint density at radius 1 is 0.929 bits per heavy atom. The third-order valence-corrected chi connectivity index (χ3v) is 5.59. The molecule has 0 bridgehead atoms. The lowest BCUT2D eigenvalue weighted by atomic mass is 9.83. The molecule has 0 N–H and O–H groups in total. The number of nitrogens with zero attached hydrogens (tertiary/aromatic N) is 1. The van der Waals surface area contributed by atoms with Crippen LogP contribution >= 0.6 is 0 Å². The molecule has 1 saturated carbocycles. The van der Waals surface area contributed by atoms with Crippen LogP contribution < -0.4 is 4.90 Å². The van der Waals surface area contributed by atoms with E-state index in [0.29, 0.717) is 27.9 Å². The van der Waals surface area contributed by atoms with Gasteiger partial charge in [0.1, 0.15) is 0 Å². The number of fused-ring (bicyclic) bond motifs is 2. The summed E-state index contributed by atoms with van der Waals surface area (Å²) in [6.45, 7) is 2.07. The Bertz CT molecular complexity index is 943. The Balaban J connectivity index is 1.76. The summed E-state index contributed by atoms with van der Waals surface area (Å²) in [5.74, 6) is -0.336. The van der Waals surface area contributed by atoms with Gasteiger partial charge in [0.15, 0.2) is 11.6 Å². The maximum absolute atomic E-state index is 13.0. The molecule has 5 nitrogen and oxygen atoms in total. The van der Waals surface area contributed by atoms with Crippen molar-refractivity contribution in [2.24, 2.45) is 0 Å². The van der Waals surface area contributed by atoms with Gasteiger partial charge in [0.25, 0.3) is 0 Å². The molecule has 144 valence electrons. The molecule has 0 unspecified atom stereocenters. The van der Waals surface area contributed by atoms with Crippen molar-refractivity contribution in [3.63, 3.8) is 0 Å². The van der Waals surface area contributed by atoms with E-state index in [2.05, 4.69) is 0 Å². The van der Waals surface area contributed by atoms with Crippen LogP contribution in [0.25, 0.3) is 0 Å². The SMILES string of the molecule is CCOC(=O)N(c1ccc2c(c1)C(=O)c1ccccc1C2=O)C1CCCCC1. The zero-order valence-corrected chi connectivity index (χ0v) is 15.9. The van der Waals surface area contributed by atoms with Crippen molar-refractivity contribution in [2.75, 3.05) is 11.5 Å².